The summed E-state index contributed by atoms with van der Waals surface area (Å²) in [6.07, 6.45) is 2.41. The van der Waals surface area contributed by atoms with Gasteiger partial charge in [0.1, 0.15) is 0 Å². The number of nitrogens with zero attached hydrogens (tertiary/aromatic N) is 2. The molecule has 4 fully saturated rings. The van der Waals surface area contributed by atoms with E-state index in [-0.39, 0.29) is 17.9 Å². The van der Waals surface area contributed by atoms with Gasteiger partial charge in [-0.05, 0) is 29.5 Å². The highest BCUT2D eigenvalue weighted by atomic mass is 16.2. The molecule has 2 N–H and O–H groups in total. The van der Waals surface area contributed by atoms with E-state index in [1.165, 1.54) is 23.1 Å². The number of hydrogen-bond acceptors (Lipinski definition) is 5. The topological polar surface area (TPSA) is 64.7 Å². The van der Waals surface area contributed by atoms with Crippen LogP contribution in [0.15, 0.2) is 18.2 Å². The molecule has 1 aromatic carbocycles. The summed E-state index contributed by atoms with van der Waals surface area (Å²) in [6.45, 7) is 4.92. The fourth-order valence-electron chi connectivity index (χ4n) is 4.82. The Hall–Kier alpha value is -1.76. The van der Waals surface area contributed by atoms with Crippen molar-refractivity contribution in [2.75, 3.05) is 13.1 Å². The van der Waals surface area contributed by atoms with E-state index in [0.717, 1.165) is 32.7 Å². The molecular formula is C19H24N4O2. The van der Waals surface area contributed by atoms with Crippen molar-refractivity contribution in [3.63, 3.8) is 0 Å². The second-order valence-electron chi connectivity index (χ2n) is 7.97. The first kappa shape index (κ1) is 15.5. The summed E-state index contributed by atoms with van der Waals surface area (Å²) in [6, 6.07) is 7.98. The molecule has 1 aromatic rings. The molecule has 2 amide bonds. The highest BCUT2D eigenvalue weighted by molar-refractivity contribution is 6.00. The number of hydrogen-bond donors (Lipinski definition) is 2. The number of amides is 2. The van der Waals surface area contributed by atoms with E-state index < -0.39 is 0 Å². The third-order valence-corrected chi connectivity index (χ3v) is 6.07. The van der Waals surface area contributed by atoms with Crippen molar-refractivity contribution in [3.8, 4) is 0 Å². The molecule has 6 heteroatoms. The van der Waals surface area contributed by atoms with E-state index >= 15 is 0 Å². The highest BCUT2D eigenvalue weighted by Crippen LogP contribution is 2.29. The SMILES string of the molecule is O=C1CCC(N2Cc3ccc(CN4CC5CC(C4)N5)cc3C2)C(=O)N1. The van der Waals surface area contributed by atoms with Crippen molar-refractivity contribution in [3.05, 3.63) is 34.9 Å². The number of carbonyl (C=O) groups excluding carboxylic acids is 2. The van der Waals surface area contributed by atoms with Crippen LogP contribution in [-0.4, -0.2) is 52.8 Å². The Morgan fingerprint density at radius 1 is 1.08 bits per heavy atom. The summed E-state index contributed by atoms with van der Waals surface area (Å²) in [4.78, 5) is 28.2. The molecule has 3 unspecified atom stereocenters. The van der Waals surface area contributed by atoms with Crippen LogP contribution < -0.4 is 10.6 Å². The molecule has 132 valence electrons. The molecule has 3 atom stereocenters. The van der Waals surface area contributed by atoms with Crippen molar-refractivity contribution >= 4 is 11.8 Å². The third-order valence-electron chi connectivity index (χ3n) is 6.07. The maximum atomic E-state index is 12.1. The van der Waals surface area contributed by atoms with E-state index in [1.807, 2.05) is 0 Å². The lowest BCUT2D eigenvalue weighted by Crippen LogP contribution is -2.66. The molecule has 0 spiro atoms. The van der Waals surface area contributed by atoms with Crippen molar-refractivity contribution in [1.29, 1.82) is 0 Å². The van der Waals surface area contributed by atoms with Crippen LogP contribution in [-0.2, 0) is 29.2 Å². The molecule has 0 saturated carbocycles. The van der Waals surface area contributed by atoms with Crippen LogP contribution in [0.4, 0.5) is 0 Å². The lowest BCUT2D eigenvalue weighted by molar-refractivity contribution is -0.137. The monoisotopic (exact) mass is 340 g/mol. The fraction of sp³-hybridized carbons (Fsp3) is 0.579. The van der Waals surface area contributed by atoms with Gasteiger partial charge in [0.25, 0.3) is 0 Å². The van der Waals surface area contributed by atoms with Gasteiger partial charge in [-0.2, -0.15) is 0 Å². The minimum Gasteiger partial charge on any atom is -0.309 e. The standard InChI is InChI=1S/C19H24N4O2/c24-18-4-3-17(19(25)21-18)23-8-13-2-1-12(5-14(13)9-23)7-22-10-15-6-16(11-22)20-15/h1-2,5,15-17,20H,3-4,6-11H2,(H,21,24,25). The summed E-state index contributed by atoms with van der Waals surface area (Å²) in [5.74, 6) is -0.279. The number of fused-ring (bicyclic) bond motifs is 3. The molecule has 5 aliphatic heterocycles. The molecule has 4 saturated heterocycles. The number of piperidine rings is 2. The second-order valence-corrected chi connectivity index (χ2v) is 7.97. The third kappa shape index (κ3) is 2.88. The summed E-state index contributed by atoms with van der Waals surface area (Å²) in [7, 11) is 0. The van der Waals surface area contributed by atoms with Gasteiger partial charge >= 0.3 is 0 Å². The van der Waals surface area contributed by atoms with Crippen LogP contribution in [0, 0.1) is 0 Å². The zero-order chi connectivity index (χ0) is 17.0. The molecule has 6 nitrogen and oxygen atoms in total. The van der Waals surface area contributed by atoms with Crippen molar-refractivity contribution < 1.29 is 9.59 Å². The van der Waals surface area contributed by atoms with Gasteiger partial charge in [-0.15, -0.1) is 0 Å². The van der Waals surface area contributed by atoms with Gasteiger partial charge in [-0.3, -0.25) is 24.7 Å². The van der Waals surface area contributed by atoms with Gasteiger partial charge in [0.15, 0.2) is 0 Å². The number of piperazine rings is 1. The highest BCUT2D eigenvalue weighted by Gasteiger charge is 2.37. The smallest absolute Gasteiger partial charge is 0.243 e. The lowest BCUT2D eigenvalue weighted by atomic mass is 9.91. The van der Waals surface area contributed by atoms with E-state index in [1.54, 1.807) is 0 Å². The molecule has 6 rings (SSSR count). The van der Waals surface area contributed by atoms with Crippen LogP contribution in [0.2, 0.25) is 0 Å². The maximum absolute atomic E-state index is 12.1. The molecule has 2 bridgehead atoms. The molecule has 0 aromatic heterocycles. The minimum absolute atomic E-state index is 0.135. The second kappa shape index (κ2) is 5.90. The molecule has 0 radical (unpaired) electrons. The summed E-state index contributed by atoms with van der Waals surface area (Å²) in [5, 5.41) is 6.05. The first-order valence-corrected chi connectivity index (χ1v) is 9.31. The number of nitrogens with one attached hydrogen (secondary N) is 2. The van der Waals surface area contributed by atoms with Crippen LogP contribution >= 0.6 is 0 Å². The normalized spacial score (nSPS) is 32.2. The van der Waals surface area contributed by atoms with E-state index in [9.17, 15) is 9.59 Å². The Bertz CT molecular complexity index is 718. The van der Waals surface area contributed by atoms with Crippen LogP contribution in [0.5, 0.6) is 0 Å². The maximum Gasteiger partial charge on any atom is 0.243 e. The Balaban J connectivity index is 1.25. The van der Waals surface area contributed by atoms with E-state index in [4.69, 9.17) is 0 Å². The number of carbonyl (C=O) groups is 2. The molecular weight excluding hydrogens is 316 g/mol. The zero-order valence-electron chi connectivity index (χ0n) is 14.3. The summed E-state index contributed by atoms with van der Waals surface area (Å²) < 4.78 is 0. The molecule has 5 aliphatic rings. The Labute approximate surface area is 147 Å². The van der Waals surface area contributed by atoms with Gasteiger partial charge in [0.05, 0.1) is 6.04 Å². The quantitative estimate of drug-likeness (QED) is 0.778. The van der Waals surface area contributed by atoms with Crippen molar-refractivity contribution in [2.45, 2.75) is 57.0 Å². The predicted molar refractivity (Wildman–Crippen MR) is 92.5 cm³/mol. The number of benzene rings is 1. The van der Waals surface area contributed by atoms with Crippen LogP contribution in [0.3, 0.4) is 0 Å². The minimum atomic E-state index is -0.172. The average Bonchev–Trinajstić information content (AvgIpc) is 2.97. The first-order valence-electron chi connectivity index (χ1n) is 9.31. The average molecular weight is 340 g/mol. The van der Waals surface area contributed by atoms with Crippen LogP contribution in [0.25, 0.3) is 0 Å². The largest absolute Gasteiger partial charge is 0.309 e. The zero-order valence-corrected chi connectivity index (χ0v) is 14.3. The lowest BCUT2D eigenvalue weighted by Gasteiger charge is -2.48. The molecule has 0 aliphatic carbocycles. The summed E-state index contributed by atoms with van der Waals surface area (Å²) in [5.41, 5.74) is 4.02. The van der Waals surface area contributed by atoms with Gasteiger partial charge in [-0.1, -0.05) is 18.2 Å². The van der Waals surface area contributed by atoms with E-state index in [0.29, 0.717) is 24.9 Å². The van der Waals surface area contributed by atoms with Gasteiger partial charge in [-0.25, -0.2) is 0 Å². The van der Waals surface area contributed by atoms with Crippen molar-refractivity contribution in [2.24, 2.45) is 0 Å². The van der Waals surface area contributed by atoms with Gasteiger partial charge < -0.3 is 5.32 Å². The Morgan fingerprint density at radius 3 is 2.60 bits per heavy atom. The van der Waals surface area contributed by atoms with Gasteiger partial charge in [0.2, 0.25) is 11.8 Å². The first-order chi connectivity index (χ1) is 12.1. The van der Waals surface area contributed by atoms with Gasteiger partial charge in [0, 0.05) is 51.2 Å². The molecule has 25 heavy (non-hydrogen) atoms. The number of rotatable bonds is 3. The van der Waals surface area contributed by atoms with Crippen LogP contribution in [0.1, 0.15) is 36.0 Å². The number of imide groups is 1. The summed E-state index contributed by atoms with van der Waals surface area (Å²) >= 11 is 0. The molecule has 5 heterocycles. The van der Waals surface area contributed by atoms with E-state index in [2.05, 4.69) is 38.6 Å². The van der Waals surface area contributed by atoms with Crippen molar-refractivity contribution in [1.82, 2.24) is 20.4 Å². The Morgan fingerprint density at radius 2 is 1.84 bits per heavy atom. The Kier molecular flexibility index (Phi) is 3.66. The predicted octanol–water partition coefficient (Wildman–Crippen LogP) is 0.354. The fourth-order valence-corrected chi connectivity index (χ4v) is 4.82.